The van der Waals surface area contributed by atoms with Crippen molar-refractivity contribution in [2.24, 2.45) is 5.92 Å². The average molecular weight is 408 g/mol. The number of anilines is 1. The number of rotatable bonds is 7. The standard InChI is InChI=1S/C23H24N2O5/c1-29-19-10-6-5-9-18(19)25-14-16(13-20(25)26)23(28)30-21(15-7-3-2-4-8-15)22(27)24-17-11-12-17/h2-10,16-17,21H,11-14H2,1H3,(H,24,27)/t16-,21-/m1/s1. The summed E-state index contributed by atoms with van der Waals surface area (Å²) in [5.74, 6) is -1.16. The number of hydrogen-bond acceptors (Lipinski definition) is 5. The highest BCUT2D eigenvalue weighted by atomic mass is 16.5. The van der Waals surface area contributed by atoms with Crippen molar-refractivity contribution in [1.82, 2.24) is 5.32 Å². The van der Waals surface area contributed by atoms with Crippen LogP contribution in [-0.2, 0) is 19.1 Å². The first kappa shape index (κ1) is 19.9. The van der Waals surface area contributed by atoms with Crippen LogP contribution in [-0.4, -0.2) is 37.5 Å². The number of amides is 2. The third-order valence-electron chi connectivity index (χ3n) is 5.33. The molecule has 2 aliphatic rings. The third kappa shape index (κ3) is 4.30. The van der Waals surface area contributed by atoms with E-state index in [-0.39, 0.29) is 30.8 Å². The van der Waals surface area contributed by atoms with Crippen molar-refractivity contribution < 1.29 is 23.9 Å². The Balaban J connectivity index is 1.49. The van der Waals surface area contributed by atoms with Gasteiger partial charge < -0.3 is 19.7 Å². The lowest BCUT2D eigenvalue weighted by Crippen LogP contribution is -2.35. The maximum atomic E-state index is 12.9. The van der Waals surface area contributed by atoms with Gasteiger partial charge in [-0.25, -0.2) is 0 Å². The van der Waals surface area contributed by atoms with Gasteiger partial charge in [-0.3, -0.25) is 14.4 Å². The molecule has 156 valence electrons. The van der Waals surface area contributed by atoms with Gasteiger partial charge in [0.2, 0.25) is 12.0 Å². The molecule has 2 aromatic carbocycles. The van der Waals surface area contributed by atoms with E-state index in [4.69, 9.17) is 9.47 Å². The van der Waals surface area contributed by atoms with Crippen molar-refractivity contribution in [3.8, 4) is 5.75 Å². The zero-order chi connectivity index (χ0) is 21.1. The van der Waals surface area contributed by atoms with E-state index in [0.29, 0.717) is 17.0 Å². The van der Waals surface area contributed by atoms with Crippen LogP contribution in [0.5, 0.6) is 5.75 Å². The van der Waals surface area contributed by atoms with Crippen molar-refractivity contribution in [2.45, 2.75) is 31.4 Å². The van der Waals surface area contributed by atoms with Crippen molar-refractivity contribution in [3.63, 3.8) is 0 Å². The Morgan fingerprint density at radius 1 is 1.07 bits per heavy atom. The van der Waals surface area contributed by atoms with E-state index in [0.717, 1.165) is 12.8 Å². The van der Waals surface area contributed by atoms with Crippen LogP contribution >= 0.6 is 0 Å². The molecule has 2 fully saturated rings. The van der Waals surface area contributed by atoms with Crippen LogP contribution in [0.4, 0.5) is 5.69 Å². The molecule has 0 unspecified atom stereocenters. The Kier molecular flexibility index (Phi) is 5.70. The highest BCUT2D eigenvalue weighted by Crippen LogP contribution is 2.34. The fourth-order valence-electron chi connectivity index (χ4n) is 3.57. The smallest absolute Gasteiger partial charge is 0.312 e. The number of methoxy groups -OCH3 is 1. The molecule has 2 atom stereocenters. The van der Waals surface area contributed by atoms with Gasteiger partial charge in [0, 0.05) is 24.6 Å². The van der Waals surface area contributed by atoms with Crippen LogP contribution in [0.1, 0.15) is 30.9 Å². The van der Waals surface area contributed by atoms with Gasteiger partial charge in [0.1, 0.15) is 5.75 Å². The second kappa shape index (κ2) is 8.57. The molecule has 2 aromatic rings. The second-order valence-electron chi connectivity index (χ2n) is 7.59. The number of para-hydroxylation sites is 2. The van der Waals surface area contributed by atoms with E-state index in [1.165, 1.54) is 12.0 Å². The van der Waals surface area contributed by atoms with Gasteiger partial charge in [-0.1, -0.05) is 42.5 Å². The summed E-state index contributed by atoms with van der Waals surface area (Å²) in [5.41, 5.74) is 1.22. The molecule has 1 aliphatic heterocycles. The molecule has 0 spiro atoms. The van der Waals surface area contributed by atoms with Gasteiger partial charge in [0.25, 0.3) is 5.91 Å². The predicted octanol–water partition coefficient (Wildman–Crippen LogP) is 2.61. The summed E-state index contributed by atoms with van der Waals surface area (Å²) in [6.07, 6.45) is 0.871. The summed E-state index contributed by atoms with van der Waals surface area (Å²) >= 11 is 0. The van der Waals surface area contributed by atoms with Gasteiger partial charge in [-0.2, -0.15) is 0 Å². The summed E-state index contributed by atoms with van der Waals surface area (Å²) in [7, 11) is 1.54. The predicted molar refractivity (Wildman–Crippen MR) is 110 cm³/mol. The lowest BCUT2D eigenvalue weighted by Gasteiger charge is -2.21. The van der Waals surface area contributed by atoms with Crippen LogP contribution in [0.25, 0.3) is 0 Å². The molecule has 1 saturated carbocycles. The Labute approximate surface area is 175 Å². The normalized spacial score (nSPS) is 19.3. The molecule has 1 N–H and O–H groups in total. The van der Waals surface area contributed by atoms with Gasteiger partial charge in [-0.15, -0.1) is 0 Å². The molecule has 1 aliphatic carbocycles. The molecule has 7 nitrogen and oxygen atoms in total. The molecule has 7 heteroatoms. The number of hydrogen-bond donors (Lipinski definition) is 1. The van der Waals surface area contributed by atoms with Gasteiger partial charge in [0.05, 0.1) is 18.7 Å². The van der Waals surface area contributed by atoms with E-state index in [1.54, 1.807) is 36.4 Å². The number of carbonyl (C=O) groups excluding carboxylic acids is 3. The fraction of sp³-hybridized carbons (Fsp3) is 0.348. The number of nitrogens with zero attached hydrogens (tertiary/aromatic N) is 1. The second-order valence-corrected chi connectivity index (χ2v) is 7.59. The number of nitrogens with one attached hydrogen (secondary N) is 1. The van der Waals surface area contributed by atoms with Crippen LogP contribution in [0, 0.1) is 5.92 Å². The van der Waals surface area contributed by atoms with E-state index in [1.807, 2.05) is 18.2 Å². The van der Waals surface area contributed by atoms with Crippen molar-refractivity contribution >= 4 is 23.5 Å². The molecule has 30 heavy (non-hydrogen) atoms. The Hall–Kier alpha value is -3.35. The van der Waals surface area contributed by atoms with Gasteiger partial charge in [0.15, 0.2) is 0 Å². The summed E-state index contributed by atoms with van der Waals surface area (Å²) in [4.78, 5) is 39.7. The quantitative estimate of drug-likeness (QED) is 0.712. The first-order valence-electron chi connectivity index (χ1n) is 10.1. The van der Waals surface area contributed by atoms with E-state index in [2.05, 4.69) is 5.32 Å². The first-order valence-corrected chi connectivity index (χ1v) is 10.1. The summed E-state index contributed by atoms with van der Waals surface area (Å²) in [6.45, 7) is 0.184. The minimum Gasteiger partial charge on any atom is -0.495 e. The molecule has 0 bridgehead atoms. The third-order valence-corrected chi connectivity index (χ3v) is 5.33. The fourth-order valence-corrected chi connectivity index (χ4v) is 3.57. The molecule has 0 aromatic heterocycles. The highest BCUT2D eigenvalue weighted by molar-refractivity contribution is 6.00. The Morgan fingerprint density at radius 3 is 2.47 bits per heavy atom. The van der Waals surface area contributed by atoms with Crippen molar-refractivity contribution in [3.05, 3.63) is 60.2 Å². The maximum absolute atomic E-state index is 12.9. The van der Waals surface area contributed by atoms with Gasteiger partial charge in [-0.05, 0) is 25.0 Å². The number of carbonyl (C=O) groups is 3. The molecule has 1 saturated heterocycles. The maximum Gasteiger partial charge on any atom is 0.312 e. The monoisotopic (exact) mass is 408 g/mol. The average Bonchev–Trinajstić information content (AvgIpc) is 3.50. The van der Waals surface area contributed by atoms with Crippen LogP contribution in [0.3, 0.4) is 0 Å². The number of esters is 1. The first-order chi connectivity index (χ1) is 14.6. The zero-order valence-electron chi connectivity index (χ0n) is 16.7. The number of benzene rings is 2. The van der Waals surface area contributed by atoms with Gasteiger partial charge >= 0.3 is 5.97 Å². The summed E-state index contributed by atoms with van der Waals surface area (Å²) in [6, 6.07) is 16.3. The lowest BCUT2D eigenvalue weighted by atomic mass is 10.1. The van der Waals surface area contributed by atoms with Crippen LogP contribution in [0.2, 0.25) is 0 Å². The topological polar surface area (TPSA) is 84.9 Å². The Morgan fingerprint density at radius 2 is 1.77 bits per heavy atom. The molecule has 0 radical (unpaired) electrons. The zero-order valence-corrected chi connectivity index (χ0v) is 16.7. The lowest BCUT2D eigenvalue weighted by molar-refractivity contribution is -0.160. The van der Waals surface area contributed by atoms with Crippen molar-refractivity contribution in [2.75, 3.05) is 18.6 Å². The molecule has 4 rings (SSSR count). The van der Waals surface area contributed by atoms with E-state index >= 15 is 0 Å². The SMILES string of the molecule is COc1ccccc1N1C[C@H](C(=O)O[C@@H](C(=O)NC2CC2)c2ccccc2)CC1=O. The largest absolute Gasteiger partial charge is 0.495 e. The molecule has 1 heterocycles. The minimum absolute atomic E-state index is 0.0304. The molecule has 2 amide bonds. The van der Waals surface area contributed by atoms with Crippen LogP contribution in [0.15, 0.2) is 54.6 Å². The number of ether oxygens (including phenoxy) is 2. The summed E-state index contributed by atoms with van der Waals surface area (Å²) in [5, 5.41) is 2.90. The van der Waals surface area contributed by atoms with E-state index in [9.17, 15) is 14.4 Å². The molecular weight excluding hydrogens is 384 g/mol. The minimum atomic E-state index is -1.03. The van der Waals surface area contributed by atoms with E-state index < -0.39 is 18.0 Å². The van der Waals surface area contributed by atoms with Crippen molar-refractivity contribution in [1.29, 1.82) is 0 Å². The molecular formula is C23H24N2O5. The highest BCUT2D eigenvalue weighted by Gasteiger charge is 2.39. The summed E-state index contributed by atoms with van der Waals surface area (Å²) < 4.78 is 11.0. The van der Waals surface area contributed by atoms with Crippen LogP contribution < -0.4 is 15.0 Å². The Bertz CT molecular complexity index is 942.